The van der Waals surface area contributed by atoms with Gasteiger partial charge in [-0.25, -0.2) is 0 Å². The molecule has 0 bridgehead atoms. The van der Waals surface area contributed by atoms with Gasteiger partial charge in [0.15, 0.2) is 6.29 Å². The maximum Gasteiger partial charge on any atom is 0.155 e. The van der Waals surface area contributed by atoms with E-state index in [2.05, 4.69) is 22.6 Å². The van der Waals surface area contributed by atoms with Crippen LogP contribution in [0.1, 0.15) is 10.4 Å². The topological polar surface area (TPSA) is 26.3 Å². The van der Waals surface area contributed by atoms with Crippen LogP contribution in [0, 0.1) is 3.57 Å². The van der Waals surface area contributed by atoms with Gasteiger partial charge < -0.3 is 4.74 Å². The molecule has 0 saturated heterocycles. The lowest BCUT2D eigenvalue weighted by Crippen LogP contribution is -1.94. The summed E-state index contributed by atoms with van der Waals surface area (Å²) in [7, 11) is 1.51. The highest BCUT2D eigenvalue weighted by Crippen LogP contribution is 2.29. The van der Waals surface area contributed by atoms with Crippen LogP contribution in [0.4, 0.5) is 0 Å². The van der Waals surface area contributed by atoms with Gasteiger partial charge in [0.05, 0.1) is 21.3 Å². The Labute approximate surface area is 89.0 Å². The number of benzene rings is 1. The van der Waals surface area contributed by atoms with E-state index >= 15 is 0 Å². The molecule has 0 fully saturated rings. The van der Waals surface area contributed by atoms with Gasteiger partial charge in [-0.15, -0.1) is 0 Å². The molecule has 0 amide bonds. The summed E-state index contributed by atoms with van der Waals surface area (Å²) in [6.45, 7) is 0. The molecule has 0 aliphatic heterocycles. The van der Waals surface area contributed by atoms with Crippen LogP contribution in [0.2, 0.25) is 5.02 Å². The Morgan fingerprint density at radius 1 is 1.58 bits per heavy atom. The second kappa shape index (κ2) is 4.09. The number of hydrogen-bond donors (Lipinski definition) is 0. The first-order valence-electron chi connectivity index (χ1n) is 3.18. The van der Waals surface area contributed by atoms with Gasteiger partial charge in [-0.1, -0.05) is 11.6 Å². The van der Waals surface area contributed by atoms with Crippen molar-refractivity contribution in [3.8, 4) is 5.75 Å². The normalized spacial score (nSPS) is 9.58. The molecule has 1 aromatic rings. The molecular weight excluding hydrogens is 290 g/mol. The van der Waals surface area contributed by atoms with Crippen LogP contribution in [-0.2, 0) is 0 Å². The van der Waals surface area contributed by atoms with Crippen molar-refractivity contribution in [1.29, 1.82) is 0 Å². The molecule has 2 nitrogen and oxygen atoms in total. The summed E-state index contributed by atoms with van der Waals surface area (Å²) in [5, 5.41) is 0.419. The number of rotatable bonds is 2. The molecule has 0 aliphatic rings. The van der Waals surface area contributed by atoms with Gasteiger partial charge >= 0.3 is 0 Å². The molecule has 0 aromatic heterocycles. The third-order valence-electron chi connectivity index (χ3n) is 1.42. The predicted molar refractivity (Wildman–Crippen MR) is 56.1 cm³/mol. The quantitative estimate of drug-likeness (QED) is 0.619. The molecule has 1 rings (SSSR count). The first-order chi connectivity index (χ1) is 5.70. The average Bonchev–Trinajstić information content (AvgIpc) is 2.08. The summed E-state index contributed by atoms with van der Waals surface area (Å²) in [5.74, 6) is 0.540. The van der Waals surface area contributed by atoms with E-state index in [1.54, 1.807) is 12.1 Å². The maximum absolute atomic E-state index is 10.6. The van der Waals surface area contributed by atoms with Crippen molar-refractivity contribution in [3.05, 3.63) is 26.3 Å². The Kier molecular flexibility index (Phi) is 3.34. The lowest BCUT2D eigenvalue weighted by Gasteiger charge is -2.06. The molecule has 12 heavy (non-hydrogen) atoms. The van der Waals surface area contributed by atoms with Crippen molar-refractivity contribution >= 4 is 40.5 Å². The van der Waals surface area contributed by atoms with Crippen molar-refractivity contribution < 1.29 is 9.53 Å². The number of hydrogen-bond acceptors (Lipinski definition) is 2. The molecule has 0 aliphatic carbocycles. The van der Waals surface area contributed by atoms with Crippen molar-refractivity contribution in [3.63, 3.8) is 0 Å². The van der Waals surface area contributed by atoms with Crippen LogP contribution in [0.5, 0.6) is 5.75 Å². The molecule has 64 valence electrons. The summed E-state index contributed by atoms with van der Waals surface area (Å²) in [5.41, 5.74) is 0.408. The van der Waals surface area contributed by atoms with Crippen molar-refractivity contribution in [2.24, 2.45) is 0 Å². The monoisotopic (exact) mass is 296 g/mol. The molecule has 0 radical (unpaired) electrons. The number of aldehydes is 1. The molecule has 0 saturated carbocycles. The summed E-state index contributed by atoms with van der Waals surface area (Å²) in [6.07, 6.45) is 0.698. The fraction of sp³-hybridized carbons (Fsp3) is 0.125. The molecule has 4 heteroatoms. The molecule has 0 N–H and O–H groups in total. The van der Waals surface area contributed by atoms with Gasteiger partial charge in [-0.2, -0.15) is 0 Å². The van der Waals surface area contributed by atoms with Gasteiger partial charge in [0, 0.05) is 0 Å². The van der Waals surface area contributed by atoms with E-state index < -0.39 is 0 Å². The maximum atomic E-state index is 10.6. The van der Waals surface area contributed by atoms with E-state index in [1.165, 1.54) is 7.11 Å². The van der Waals surface area contributed by atoms with Crippen LogP contribution >= 0.6 is 34.2 Å². The van der Waals surface area contributed by atoms with E-state index in [0.29, 0.717) is 22.6 Å². The first kappa shape index (κ1) is 9.80. The Hall–Kier alpha value is -0.290. The minimum absolute atomic E-state index is 0.408. The van der Waals surface area contributed by atoms with E-state index in [-0.39, 0.29) is 0 Å². The third kappa shape index (κ3) is 1.72. The van der Waals surface area contributed by atoms with Crippen LogP contribution in [-0.4, -0.2) is 13.4 Å². The highest BCUT2D eigenvalue weighted by atomic mass is 127. The van der Waals surface area contributed by atoms with Gasteiger partial charge in [0.1, 0.15) is 5.75 Å². The molecule has 0 atom stereocenters. The average molecular weight is 296 g/mol. The van der Waals surface area contributed by atoms with Gasteiger partial charge in [0.25, 0.3) is 0 Å². The smallest absolute Gasteiger partial charge is 0.155 e. The Bertz CT molecular complexity index is 312. The fourth-order valence-corrected chi connectivity index (χ4v) is 1.75. The van der Waals surface area contributed by atoms with Crippen LogP contribution < -0.4 is 4.74 Å². The van der Waals surface area contributed by atoms with Crippen LogP contribution in [0.3, 0.4) is 0 Å². The van der Waals surface area contributed by atoms with E-state index in [0.717, 1.165) is 3.57 Å². The number of halogens is 2. The van der Waals surface area contributed by atoms with Crippen molar-refractivity contribution in [1.82, 2.24) is 0 Å². The lowest BCUT2D eigenvalue weighted by molar-refractivity contribution is 0.112. The Morgan fingerprint density at radius 3 is 2.67 bits per heavy atom. The zero-order chi connectivity index (χ0) is 9.14. The largest absolute Gasteiger partial charge is 0.495 e. The van der Waals surface area contributed by atoms with Gasteiger partial charge in [-0.05, 0) is 34.7 Å². The summed E-state index contributed by atoms with van der Waals surface area (Å²) in [4.78, 5) is 10.6. The number of carbonyl (C=O) groups excluding carboxylic acids is 1. The summed E-state index contributed by atoms with van der Waals surface area (Å²) >= 11 is 7.85. The summed E-state index contributed by atoms with van der Waals surface area (Å²) in [6, 6.07) is 3.48. The minimum atomic E-state index is 0.408. The van der Waals surface area contributed by atoms with Crippen LogP contribution in [0.15, 0.2) is 12.1 Å². The van der Waals surface area contributed by atoms with E-state index in [1.807, 2.05) is 0 Å². The number of carbonyl (C=O) groups is 1. The predicted octanol–water partition coefficient (Wildman–Crippen LogP) is 2.77. The SMILES string of the molecule is COc1c(I)ccc(Cl)c1C=O. The van der Waals surface area contributed by atoms with Gasteiger partial charge in [0.2, 0.25) is 0 Å². The third-order valence-corrected chi connectivity index (χ3v) is 2.60. The fourth-order valence-electron chi connectivity index (χ4n) is 0.866. The summed E-state index contributed by atoms with van der Waals surface area (Å²) < 4.78 is 5.90. The molecule has 0 spiro atoms. The number of ether oxygens (including phenoxy) is 1. The van der Waals surface area contributed by atoms with Crippen LogP contribution in [0.25, 0.3) is 0 Å². The minimum Gasteiger partial charge on any atom is -0.495 e. The standard InChI is InChI=1S/C8H6ClIO2/c1-12-8-5(4-11)6(9)2-3-7(8)10/h2-4H,1H3. The highest BCUT2D eigenvalue weighted by Gasteiger charge is 2.09. The van der Waals surface area contributed by atoms with Gasteiger partial charge in [-0.3, -0.25) is 4.79 Å². The number of methoxy groups -OCH3 is 1. The zero-order valence-electron chi connectivity index (χ0n) is 6.30. The van der Waals surface area contributed by atoms with E-state index in [9.17, 15) is 4.79 Å². The zero-order valence-corrected chi connectivity index (χ0v) is 9.22. The van der Waals surface area contributed by atoms with Crippen molar-refractivity contribution in [2.45, 2.75) is 0 Å². The van der Waals surface area contributed by atoms with E-state index in [4.69, 9.17) is 16.3 Å². The molecular formula is C8H6ClIO2. The molecule has 1 aromatic carbocycles. The Morgan fingerprint density at radius 2 is 2.25 bits per heavy atom. The second-order valence-electron chi connectivity index (χ2n) is 2.09. The first-order valence-corrected chi connectivity index (χ1v) is 4.63. The highest BCUT2D eigenvalue weighted by molar-refractivity contribution is 14.1. The Balaban J connectivity index is 3.38. The van der Waals surface area contributed by atoms with Crippen molar-refractivity contribution in [2.75, 3.05) is 7.11 Å². The molecule has 0 heterocycles. The molecule has 0 unspecified atom stereocenters. The second-order valence-corrected chi connectivity index (χ2v) is 3.66. The lowest BCUT2D eigenvalue weighted by atomic mass is 10.2.